The zero-order chi connectivity index (χ0) is 4.12. The van der Waals surface area contributed by atoms with E-state index < -0.39 is 0 Å². The second-order valence-electron chi connectivity index (χ2n) is 0.866. The van der Waals surface area contributed by atoms with E-state index >= 15 is 0 Å². The van der Waals surface area contributed by atoms with Crippen molar-refractivity contribution < 1.29 is 23.7 Å². The number of nitrogens with two attached hydrogens (primary N) is 1. The molecule has 0 aromatic heterocycles. The maximum Gasteiger partial charge on any atom is 0.0443 e. The number of aliphatic hydroxyl groups excluding tert-OH is 1. The molecule has 3 heteroatoms. The van der Waals surface area contributed by atoms with Gasteiger partial charge < -0.3 is 10.8 Å². The van der Waals surface area contributed by atoms with Gasteiger partial charge in [-0.2, -0.15) is 0 Å². The van der Waals surface area contributed by atoms with E-state index in [2.05, 4.69) is 0 Å². The molecule has 0 rings (SSSR count). The largest absolute Gasteiger partial charge is 0.396 e. The molecule has 0 heterocycles. The van der Waals surface area contributed by atoms with Crippen LogP contribution in [0.5, 0.6) is 0 Å². The molecule has 0 atom stereocenters. The van der Waals surface area contributed by atoms with Crippen LogP contribution in [0.15, 0.2) is 0 Å². The van der Waals surface area contributed by atoms with Crippen LogP contribution in [-0.4, -0.2) is 18.3 Å². The Bertz CT molecular complexity index is 18.3. The fourth-order valence-corrected chi connectivity index (χ4v) is 0.0913. The Morgan fingerprint density at radius 2 is 2.00 bits per heavy atom. The van der Waals surface area contributed by atoms with E-state index in [1.807, 2.05) is 0 Å². The first-order chi connectivity index (χ1) is 2.41. The van der Waals surface area contributed by atoms with Crippen LogP contribution in [0.4, 0.5) is 0 Å². The van der Waals surface area contributed by atoms with Gasteiger partial charge in [0.1, 0.15) is 0 Å². The minimum atomic E-state index is 0. The van der Waals surface area contributed by atoms with Crippen LogP contribution in [0.3, 0.4) is 0 Å². The average Bonchev–Trinajstić information content (AvgIpc) is 1.41. The Labute approximate surface area is 49.6 Å². The number of aliphatic hydroxyl groups is 1. The molecule has 0 fully saturated rings. The Hall–Kier alpha value is 0.504. The second kappa shape index (κ2) is 9.09. The van der Waals surface area contributed by atoms with Crippen LogP contribution in [0.25, 0.3) is 0 Å². The van der Waals surface area contributed by atoms with Crippen molar-refractivity contribution in [3.63, 3.8) is 0 Å². The van der Waals surface area contributed by atoms with Gasteiger partial charge in [0.05, 0.1) is 0 Å². The molecule has 0 aliphatic carbocycles. The van der Waals surface area contributed by atoms with Crippen LogP contribution in [0.2, 0.25) is 0 Å². The summed E-state index contributed by atoms with van der Waals surface area (Å²) in [7, 11) is 0. The van der Waals surface area contributed by atoms with Crippen LogP contribution in [0, 0.1) is 0 Å². The van der Waals surface area contributed by atoms with E-state index in [-0.39, 0.29) is 25.2 Å². The minimum absolute atomic E-state index is 0. The minimum Gasteiger partial charge on any atom is -0.396 e. The first-order valence-electron chi connectivity index (χ1n) is 1.72. The van der Waals surface area contributed by atoms with Gasteiger partial charge in [0.2, 0.25) is 0 Å². The third-order valence-corrected chi connectivity index (χ3v) is 0.362. The molecular formula is C3H9NOV. The third kappa shape index (κ3) is 8.82. The normalized spacial score (nSPS) is 7.00. The van der Waals surface area contributed by atoms with E-state index in [1.165, 1.54) is 0 Å². The van der Waals surface area contributed by atoms with Crippen molar-refractivity contribution in [2.24, 2.45) is 5.73 Å². The van der Waals surface area contributed by atoms with Crippen molar-refractivity contribution in [1.29, 1.82) is 0 Å². The molecule has 0 saturated heterocycles. The predicted molar refractivity (Wildman–Crippen MR) is 20.8 cm³/mol. The molecule has 3 N–H and O–H groups in total. The number of rotatable bonds is 2. The quantitative estimate of drug-likeness (QED) is 0.515. The molecule has 0 aromatic carbocycles. The number of hydrogen-bond donors (Lipinski definition) is 2. The van der Waals surface area contributed by atoms with E-state index in [9.17, 15) is 0 Å². The van der Waals surface area contributed by atoms with Gasteiger partial charge in [-0.05, 0) is 13.0 Å². The third-order valence-electron chi connectivity index (χ3n) is 0.362. The fraction of sp³-hybridized carbons (Fsp3) is 1.00. The Balaban J connectivity index is 0. The molecular weight excluding hydrogens is 117 g/mol. The molecule has 0 saturated carbocycles. The molecule has 0 aromatic rings. The van der Waals surface area contributed by atoms with Crippen LogP contribution >= 0.6 is 0 Å². The summed E-state index contributed by atoms with van der Waals surface area (Å²) in [4.78, 5) is 0. The number of hydrogen-bond acceptors (Lipinski definition) is 2. The molecule has 0 aliphatic heterocycles. The molecule has 0 spiro atoms. The Kier molecular flexibility index (Phi) is 14.7. The molecule has 0 amide bonds. The first-order valence-corrected chi connectivity index (χ1v) is 1.72. The van der Waals surface area contributed by atoms with Gasteiger partial charge >= 0.3 is 0 Å². The zero-order valence-electron chi connectivity index (χ0n) is 3.59. The molecule has 0 unspecified atom stereocenters. The molecule has 0 aliphatic rings. The van der Waals surface area contributed by atoms with Crippen molar-refractivity contribution in [3.8, 4) is 0 Å². The van der Waals surface area contributed by atoms with E-state index in [4.69, 9.17) is 10.8 Å². The maximum absolute atomic E-state index is 7.99. The summed E-state index contributed by atoms with van der Waals surface area (Å²) in [5.74, 6) is 0. The van der Waals surface area contributed by atoms with Crippen LogP contribution in [-0.2, 0) is 18.6 Å². The smallest absolute Gasteiger partial charge is 0.0443 e. The monoisotopic (exact) mass is 126 g/mol. The summed E-state index contributed by atoms with van der Waals surface area (Å²) in [6.07, 6.45) is 0.722. The summed E-state index contributed by atoms with van der Waals surface area (Å²) in [5.41, 5.74) is 4.98. The van der Waals surface area contributed by atoms with Crippen molar-refractivity contribution in [1.82, 2.24) is 0 Å². The average molecular weight is 126 g/mol. The summed E-state index contributed by atoms with van der Waals surface area (Å²) < 4.78 is 0. The van der Waals surface area contributed by atoms with Gasteiger partial charge in [0, 0.05) is 25.2 Å². The van der Waals surface area contributed by atoms with Crippen molar-refractivity contribution in [2.45, 2.75) is 6.42 Å². The van der Waals surface area contributed by atoms with Gasteiger partial charge in [0.25, 0.3) is 0 Å². The van der Waals surface area contributed by atoms with Gasteiger partial charge in [-0.25, -0.2) is 0 Å². The Morgan fingerprint density at radius 1 is 1.50 bits per heavy atom. The van der Waals surface area contributed by atoms with E-state index in [0.717, 1.165) is 6.42 Å². The second-order valence-corrected chi connectivity index (χ2v) is 0.866. The van der Waals surface area contributed by atoms with E-state index in [1.54, 1.807) is 0 Å². The first kappa shape index (κ1) is 9.71. The van der Waals surface area contributed by atoms with Gasteiger partial charge in [-0.15, -0.1) is 0 Å². The predicted octanol–water partition coefficient (Wildman–Crippen LogP) is -0.675. The molecule has 6 heavy (non-hydrogen) atoms. The van der Waals surface area contributed by atoms with Crippen molar-refractivity contribution >= 4 is 0 Å². The molecule has 0 bridgehead atoms. The van der Waals surface area contributed by atoms with Gasteiger partial charge in [0.15, 0.2) is 0 Å². The maximum atomic E-state index is 7.99. The zero-order valence-corrected chi connectivity index (χ0v) is 4.99. The summed E-state index contributed by atoms with van der Waals surface area (Å²) in [6, 6.07) is 0. The summed E-state index contributed by atoms with van der Waals surface area (Å²) in [5, 5.41) is 7.99. The topological polar surface area (TPSA) is 46.2 Å². The van der Waals surface area contributed by atoms with Crippen LogP contribution in [0.1, 0.15) is 6.42 Å². The van der Waals surface area contributed by atoms with Crippen molar-refractivity contribution in [2.75, 3.05) is 13.2 Å². The summed E-state index contributed by atoms with van der Waals surface area (Å²) >= 11 is 0. The van der Waals surface area contributed by atoms with Crippen molar-refractivity contribution in [3.05, 3.63) is 0 Å². The molecule has 37 valence electrons. The van der Waals surface area contributed by atoms with Gasteiger partial charge in [-0.1, -0.05) is 0 Å². The molecule has 2 nitrogen and oxygen atoms in total. The standard InChI is InChI=1S/C3H9NO.V/c4-2-1-3-5;/h5H,1-4H2;. The SMILES string of the molecule is NCCCO.[V]. The summed E-state index contributed by atoms with van der Waals surface area (Å²) in [6.45, 7) is 0.812. The van der Waals surface area contributed by atoms with Crippen LogP contribution < -0.4 is 5.73 Å². The van der Waals surface area contributed by atoms with E-state index in [0.29, 0.717) is 6.54 Å². The molecule has 1 radical (unpaired) electrons. The fourth-order valence-electron chi connectivity index (χ4n) is 0.0913. The van der Waals surface area contributed by atoms with Gasteiger partial charge in [-0.3, -0.25) is 0 Å². The Morgan fingerprint density at radius 3 is 2.00 bits per heavy atom.